The minimum absolute atomic E-state index is 0.163. The highest BCUT2D eigenvalue weighted by Gasteiger charge is 1.90. The first kappa shape index (κ1) is 6.16. The molecule has 1 aromatic heterocycles. The summed E-state index contributed by atoms with van der Waals surface area (Å²) in [6.45, 7) is 0.782. The zero-order valence-electron chi connectivity index (χ0n) is 5.07. The molecule has 0 unspecified atom stereocenters. The lowest BCUT2D eigenvalue weighted by Gasteiger charge is -1.90. The summed E-state index contributed by atoms with van der Waals surface area (Å²) < 4.78 is 1.82. The third-order valence-corrected chi connectivity index (χ3v) is 1.02. The van der Waals surface area contributed by atoms with E-state index in [1.807, 2.05) is 16.8 Å². The van der Waals surface area contributed by atoms with E-state index >= 15 is 0 Å². The smallest absolute Gasteiger partial charge is 0.286 e. The number of aliphatic hydroxyl groups excluding tert-OH is 1. The maximum Gasteiger partial charge on any atom is 0.286 e. The Kier molecular flexibility index (Phi) is 2.15. The molecule has 0 fully saturated rings. The summed E-state index contributed by atoms with van der Waals surface area (Å²) in [5.74, 6) is 0. The van der Waals surface area contributed by atoms with E-state index in [0.717, 1.165) is 0 Å². The molecule has 0 saturated carbocycles. The van der Waals surface area contributed by atoms with Gasteiger partial charge in [-0.1, -0.05) is 4.98 Å². The van der Waals surface area contributed by atoms with Crippen molar-refractivity contribution in [2.45, 2.75) is 6.54 Å². The molecule has 0 radical (unpaired) electrons. The first-order valence-corrected chi connectivity index (χ1v) is 2.83. The van der Waals surface area contributed by atoms with Crippen molar-refractivity contribution in [3.8, 4) is 0 Å². The standard InChI is InChI=1S/C6H9N2O/c9-5-4-8-3-1-2-7-6-8/h1-3,6,9H,4-5H2/q+1. The van der Waals surface area contributed by atoms with Gasteiger partial charge in [-0.2, -0.15) is 0 Å². The van der Waals surface area contributed by atoms with Gasteiger partial charge in [-0.3, -0.25) is 0 Å². The maximum absolute atomic E-state index is 8.47. The highest BCUT2D eigenvalue weighted by atomic mass is 16.3. The van der Waals surface area contributed by atoms with Crippen LogP contribution in [0.4, 0.5) is 0 Å². The highest BCUT2D eigenvalue weighted by molar-refractivity contribution is 4.68. The molecule has 48 valence electrons. The minimum Gasteiger partial charge on any atom is -0.392 e. The van der Waals surface area contributed by atoms with Crippen LogP contribution in [0.25, 0.3) is 0 Å². The third kappa shape index (κ3) is 1.77. The average molecular weight is 125 g/mol. The van der Waals surface area contributed by atoms with Crippen LogP contribution >= 0.6 is 0 Å². The van der Waals surface area contributed by atoms with Gasteiger partial charge in [-0.25, -0.2) is 4.57 Å². The number of hydrogen-bond donors (Lipinski definition) is 1. The van der Waals surface area contributed by atoms with E-state index in [2.05, 4.69) is 4.98 Å². The van der Waals surface area contributed by atoms with Crippen molar-refractivity contribution in [3.63, 3.8) is 0 Å². The number of aromatic nitrogens is 2. The van der Waals surface area contributed by atoms with E-state index in [1.165, 1.54) is 0 Å². The van der Waals surface area contributed by atoms with Crippen LogP contribution in [0.2, 0.25) is 0 Å². The van der Waals surface area contributed by atoms with Crippen LogP contribution in [0, 0.1) is 0 Å². The van der Waals surface area contributed by atoms with E-state index in [0.29, 0.717) is 6.54 Å². The van der Waals surface area contributed by atoms with E-state index in [-0.39, 0.29) is 6.61 Å². The van der Waals surface area contributed by atoms with Gasteiger partial charge in [0.05, 0.1) is 12.8 Å². The first-order valence-electron chi connectivity index (χ1n) is 2.83. The summed E-state index contributed by atoms with van der Waals surface area (Å²) in [5, 5.41) is 8.47. The number of hydrogen-bond acceptors (Lipinski definition) is 2. The molecular formula is C6H9N2O+. The number of rotatable bonds is 2. The fraction of sp³-hybridized carbons (Fsp3) is 0.333. The van der Waals surface area contributed by atoms with Crippen molar-refractivity contribution in [1.29, 1.82) is 0 Å². The first-order chi connectivity index (χ1) is 4.43. The predicted molar refractivity (Wildman–Crippen MR) is 31.5 cm³/mol. The molecule has 0 aliphatic carbocycles. The summed E-state index contributed by atoms with van der Waals surface area (Å²) in [6, 6.07) is 1.83. The highest BCUT2D eigenvalue weighted by Crippen LogP contribution is 1.69. The Balaban J connectivity index is 2.61. The Morgan fingerprint density at radius 2 is 2.44 bits per heavy atom. The van der Waals surface area contributed by atoms with Crippen molar-refractivity contribution < 1.29 is 9.67 Å². The summed E-state index contributed by atoms with van der Waals surface area (Å²) in [4.78, 5) is 3.86. The monoisotopic (exact) mass is 125 g/mol. The van der Waals surface area contributed by atoms with Gasteiger partial charge in [0.2, 0.25) is 0 Å². The molecule has 9 heavy (non-hydrogen) atoms. The maximum atomic E-state index is 8.47. The van der Waals surface area contributed by atoms with E-state index in [1.54, 1.807) is 12.5 Å². The van der Waals surface area contributed by atoms with E-state index in [4.69, 9.17) is 5.11 Å². The number of nitrogens with zero attached hydrogens (tertiary/aromatic N) is 2. The SMILES string of the molecule is OCC[n+]1cccnc1. The zero-order valence-corrected chi connectivity index (χ0v) is 5.07. The second kappa shape index (κ2) is 3.14. The summed E-state index contributed by atoms with van der Waals surface area (Å²) in [7, 11) is 0. The molecule has 1 aromatic rings. The van der Waals surface area contributed by atoms with Crippen molar-refractivity contribution in [2.24, 2.45) is 0 Å². The molecule has 1 heterocycles. The van der Waals surface area contributed by atoms with Crippen molar-refractivity contribution in [1.82, 2.24) is 4.98 Å². The molecule has 0 spiro atoms. The van der Waals surface area contributed by atoms with Gasteiger partial charge in [0.15, 0.2) is 0 Å². The fourth-order valence-corrected chi connectivity index (χ4v) is 0.609. The van der Waals surface area contributed by atoms with Gasteiger partial charge >= 0.3 is 0 Å². The lowest BCUT2D eigenvalue weighted by molar-refractivity contribution is -0.701. The Hall–Kier alpha value is -0.960. The van der Waals surface area contributed by atoms with Crippen LogP contribution in [0.5, 0.6) is 0 Å². The predicted octanol–water partition coefficient (Wildman–Crippen LogP) is -0.639. The quantitative estimate of drug-likeness (QED) is 0.534. The molecule has 0 aromatic carbocycles. The normalized spacial score (nSPS) is 9.44. The summed E-state index contributed by atoms with van der Waals surface area (Å²) in [5.41, 5.74) is 0. The van der Waals surface area contributed by atoms with Gasteiger partial charge < -0.3 is 5.11 Å². The Morgan fingerprint density at radius 3 is 3.00 bits per heavy atom. The van der Waals surface area contributed by atoms with Gasteiger partial charge in [0, 0.05) is 6.07 Å². The van der Waals surface area contributed by atoms with Crippen molar-refractivity contribution >= 4 is 0 Å². The third-order valence-electron chi connectivity index (χ3n) is 1.02. The molecule has 1 rings (SSSR count). The van der Waals surface area contributed by atoms with Crippen LogP contribution < -0.4 is 4.57 Å². The summed E-state index contributed by atoms with van der Waals surface area (Å²) in [6.07, 6.45) is 5.24. The largest absolute Gasteiger partial charge is 0.392 e. The van der Waals surface area contributed by atoms with Crippen LogP contribution in [0.3, 0.4) is 0 Å². The molecule has 0 saturated heterocycles. The Morgan fingerprint density at radius 1 is 1.56 bits per heavy atom. The summed E-state index contributed by atoms with van der Waals surface area (Å²) >= 11 is 0. The number of aliphatic hydroxyl groups is 1. The second-order valence-corrected chi connectivity index (χ2v) is 1.72. The topological polar surface area (TPSA) is 37.0 Å². The molecule has 3 nitrogen and oxygen atoms in total. The van der Waals surface area contributed by atoms with Gasteiger partial charge in [-0.05, 0) is 0 Å². The fourth-order valence-electron chi connectivity index (χ4n) is 0.609. The van der Waals surface area contributed by atoms with Gasteiger partial charge in [0.1, 0.15) is 12.7 Å². The van der Waals surface area contributed by atoms with Crippen LogP contribution in [0.1, 0.15) is 0 Å². The Bertz CT molecular complexity index is 164. The molecule has 0 amide bonds. The lowest BCUT2D eigenvalue weighted by atomic mass is 10.6. The Labute approximate surface area is 53.6 Å². The van der Waals surface area contributed by atoms with Gasteiger partial charge in [0.25, 0.3) is 6.33 Å². The lowest BCUT2D eigenvalue weighted by Crippen LogP contribution is -2.34. The zero-order chi connectivity index (χ0) is 6.53. The van der Waals surface area contributed by atoms with Crippen LogP contribution in [0.15, 0.2) is 24.8 Å². The molecule has 0 aliphatic rings. The molecule has 0 bridgehead atoms. The van der Waals surface area contributed by atoms with E-state index in [9.17, 15) is 0 Å². The average Bonchev–Trinajstić information content (AvgIpc) is 1.91. The molecule has 1 N–H and O–H groups in total. The van der Waals surface area contributed by atoms with Crippen LogP contribution in [-0.2, 0) is 6.54 Å². The molecule has 0 aliphatic heterocycles. The second-order valence-electron chi connectivity index (χ2n) is 1.72. The van der Waals surface area contributed by atoms with E-state index < -0.39 is 0 Å². The molecular weight excluding hydrogens is 116 g/mol. The van der Waals surface area contributed by atoms with Crippen molar-refractivity contribution in [2.75, 3.05) is 6.61 Å². The molecule has 3 heteroatoms. The van der Waals surface area contributed by atoms with Gasteiger partial charge in [-0.15, -0.1) is 0 Å². The minimum atomic E-state index is 0.163. The molecule has 0 atom stereocenters. The van der Waals surface area contributed by atoms with Crippen LogP contribution in [-0.4, -0.2) is 16.7 Å². The van der Waals surface area contributed by atoms with Crippen molar-refractivity contribution in [3.05, 3.63) is 24.8 Å².